The predicted molar refractivity (Wildman–Crippen MR) is 76.9 cm³/mol. The lowest BCUT2D eigenvalue weighted by molar-refractivity contribution is -0.150. The third kappa shape index (κ3) is 4.74. The summed E-state index contributed by atoms with van der Waals surface area (Å²) in [7, 11) is 0. The van der Waals surface area contributed by atoms with Gasteiger partial charge in [-0.3, -0.25) is 9.59 Å². The van der Waals surface area contributed by atoms with Crippen LogP contribution in [0.2, 0.25) is 0 Å². The summed E-state index contributed by atoms with van der Waals surface area (Å²) in [5, 5.41) is 46.6. The number of rotatable bonds is 7. The maximum atomic E-state index is 11.6. The standard InChI is InChI=1S/C15H18O7/c1-8(16)12(19)14(21)15(22)13(20)11(18)7-4-9-2-5-10(17)6-3-9/h2-8,12,14-17,19,21-22H,1H3/b7-4+/t8-,12-,14+,15-/m0/s1. The van der Waals surface area contributed by atoms with Crippen molar-refractivity contribution in [2.24, 2.45) is 0 Å². The summed E-state index contributed by atoms with van der Waals surface area (Å²) < 4.78 is 0. The Bertz CT molecular complexity index is 548. The van der Waals surface area contributed by atoms with Crippen molar-refractivity contribution in [1.29, 1.82) is 0 Å². The Morgan fingerprint density at radius 3 is 2.05 bits per heavy atom. The van der Waals surface area contributed by atoms with E-state index in [2.05, 4.69) is 0 Å². The van der Waals surface area contributed by atoms with Crippen LogP contribution in [0.3, 0.4) is 0 Å². The summed E-state index contributed by atoms with van der Waals surface area (Å²) in [6.45, 7) is 1.16. The molecule has 0 amide bonds. The Hall–Kier alpha value is -2.06. The van der Waals surface area contributed by atoms with E-state index in [0.717, 1.165) is 13.0 Å². The topological polar surface area (TPSA) is 135 Å². The molecule has 0 aliphatic heterocycles. The molecule has 0 fully saturated rings. The van der Waals surface area contributed by atoms with E-state index in [1.807, 2.05) is 0 Å². The van der Waals surface area contributed by atoms with E-state index in [1.54, 1.807) is 0 Å². The molecular weight excluding hydrogens is 292 g/mol. The molecule has 0 heterocycles. The smallest absolute Gasteiger partial charge is 0.233 e. The maximum Gasteiger partial charge on any atom is 0.233 e. The fraction of sp³-hybridized carbons (Fsp3) is 0.333. The molecule has 0 aliphatic carbocycles. The van der Waals surface area contributed by atoms with E-state index in [-0.39, 0.29) is 5.75 Å². The number of carbonyl (C=O) groups excluding carboxylic acids is 2. The first-order chi connectivity index (χ1) is 10.2. The normalized spacial score (nSPS) is 17.0. The SMILES string of the molecule is C[C@H](O)[C@H](O)[C@@H](O)[C@@H](O)C(=O)C(=O)/C=C/c1ccc(O)cc1. The molecule has 0 saturated carbocycles. The largest absolute Gasteiger partial charge is 0.508 e. The van der Waals surface area contributed by atoms with Crippen LogP contribution >= 0.6 is 0 Å². The number of Topliss-reactive ketones (excluding diaryl/α,β-unsaturated/α-hetero) is 1. The summed E-state index contributed by atoms with van der Waals surface area (Å²) >= 11 is 0. The van der Waals surface area contributed by atoms with Gasteiger partial charge in [-0.25, -0.2) is 0 Å². The highest BCUT2D eigenvalue weighted by molar-refractivity contribution is 6.43. The number of hydrogen-bond donors (Lipinski definition) is 5. The lowest BCUT2D eigenvalue weighted by Gasteiger charge is -2.23. The highest BCUT2D eigenvalue weighted by Crippen LogP contribution is 2.11. The second-order valence-corrected chi connectivity index (χ2v) is 4.82. The van der Waals surface area contributed by atoms with Crippen LogP contribution in [-0.4, -0.2) is 61.5 Å². The van der Waals surface area contributed by atoms with Gasteiger partial charge in [-0.05, 0) is 30.7 Å². The van der Waals surface area contributed by atoms with Crippen LogP contribution in [-0.2, 0) is 9.59 Å². The molecule has 7 nitrogen and oxygen atoms in total. The van der Waals surface area contributed by atoms with Crippen molar-refractivity contribution in [3.05, 3.63) is 35.9 Å². The average molecular weight is 310 g/mol. The zero-order valence-corrected chi connectivity index (χ0v) is 11.8. The van der Waals surface area contributed by atoms with Gasteiger partial charge in [0.05, 0.1) is 6.10 Å². The Morgan fingerprint density at radius 1 is 1.00 bits per heavy atom. The number of allylic oxidation sites excluding steroid dienone is 1. The minimum absolute atomic E-state index is 0.0465. The van der Waals surface area contributed by atoms with E-state index >= 15 is 0 Å². The van der Waals surface area contributed by atoms with Crippen molar-refractivity contribution in [3.8, 4) is 5.75 Å². The van der Waals surface area contributed by atoms with E-state index in [4.69, 9.17) is 10.2 Å². The number of aliphatic hydroxyl groups is 4. The van der Waals surface area contributed by atoms with Gasteiger partial charge >= 0.3 is 0 Å². The highest BCUT2D eigenvalue weighted by Gasteiger charge is 2.34. The molecule has 1 aromatic carbocycles. The molecule has 22 heavy (non-hydrogen) atoms. The van der Waals surface area contributed by atoms with Crippen molar-refractivity contribution in [2.45, 2.75) is 31.3 Å². The maximum absolute atomic E-state index is 11.6. The lowest BCUT2D eigenvalue weighted by Crippen LogP contribution is -2.48. The minimum Gasteiger partial charge on any atom is -0.508 e. The second kappa shape index (κ2) is 7.81. The van der Waals surface area contributed by atoms with Gasteiger partial charge in [-0.1, -0.05) is 18.2 Å². The summed E-state index contributed by atoms with van der Waals surface area (Å²) in [4.78, 5) is 23.3. The molecule has 0 spiro atoms. The van der Waals surface area contributed by atoms with Crippen LogP contribution in [0.4, 0.5) is 0 Å². The molecule has 120 valence electrons. The van der Waals surface area contributed by atoms with E-state index in [1.165, 1.54) is 30.3 Å². The molecule has 7 heteroatoms. The van der Waals surface area contributed by atoms with Crippen molar-refractivity contribution in [2.75, 3.05) is 0 Å². The van der Waals surface area contributed by atoms with Gasteiger partial charge in [0.25, 0.3) is 0 Å². The van der Waals surface area contributed by atoms with Crippen molar-refractivity contribution >= 4 is 17.6 Å². The molecule has 0 aromatic heterocycles. The number of benzene rings is 1. The Balaban J connectivity index is 2.72. The van der Waals surface area contributed by atoms with Crippen LogP contribution in [0.5, 0.6) is 5.75 Å². The monoisotopic (exact) mass is 310 g/mol. The summed E-state index contributed by atoms with van der Waals surface area (Å²) in [6, 6.07) is 5.80. The minimum atomic E-state index is -2.14. The number of aliphatic hydroxyl groups excluding tert-OH is 4. The van der Waals surface area contributed by atoms with Gasteiger partial charge in [0.2, 0.25) is 11.6 Å². The number of hydrogen-bond acceptors (Lipinski definition) is 7. The van der Waals surface area contributed by atoms with Gasteiger partial charge in [0.15, 0.2) is 0 Å². The average Bonchev–Trinajstić information content (AvgIpc) is 2.50. The van der Waals surface area contributed by atoms with Gasteiger partial charge < -0.3 is 25.5 Å². The Morgan fingerprint density at radius 2 is 1.55 bits per heavy atom. The quantitative estimate of drug-likeness (QED) is 0.322. The molecule has 4 atom stereocenters. The third-order valence-corrected chi connectivity index (χ3v) is 3.00. The lowest BCUT2D eigenvalue weighted by atomic mass is 9.98. The summed E-state index contributed by atoms with van der Waals surface area (Å²) in [5.74, 6) is -2.33. The van der Waals surface area contributed by atoms with E-state index in [9.17, 15) is 24.9 Å². The number of aromatic hydroxyl groups is 1. The Labute approximate surface area is 126 Å². The fourth-order valence-corrected chi connectivity index (χ4v) is 1.61. The number of carbonyl (C=O) groups is 2. The molecule has 0 aliphatic rings. The molecule has 1 aromatic rings. The molecule has 0 bridgehead atoms. The summed E-state index contributed by atoms with van der Waals surface area (Å²) in [5.41, 5.74) is 0.540. The van der Waals surface area contributed by atoms with Crippen LogP contribution in [0.1, 0.15) is 12.5 Å². The Kier molecular flexibility index (Phi) is 6.39. The highest BCUT2D eigenvalue weighted by atomic mass is 16.4. The first-order valence-corrected chi connectivity index (χ1v) is 6.51. The predicted octanol–water partition coefficient (Wildman–Crippen LogP) is -0.993. The van der Waals surface area contributed by atoms with Crippen LogP contribution in [0.25, 0.3) is 6.08 Å². The van der Waals surface area contributed by atoms with Crippen molar-refractivity contribution in [3.63, 3.8) is 0 Å². The third-order valence-electron chi connectivity index (χ3n) is 3.00. The van der Waals surface area contributed by atoms with E-state index < -0.39 is 36.0 Å². The van der Waals surface area contributed by atoms with Gasteiger partial charge in [0.1, 0.15) is 24.1 Å². The number of ketones is 2. The first kappa shape index (κ1) is 18.0. The van der Waals surface area contributed by atoms with Crippen molar-refractivity contribution < 1.29 is 35.1 Å². The molecule has 0 unspecified atom stereocenters. The van der Waals surface area contributed by atoms with Gasteiger partial charge in [-0.2, -0.15) is 0 Å². The number of phenolic OH excluding ortho intramolecular Hbond substituents is 1. The first-order valence-electron chi connectivity index (χ1n) is 6.51. The van der Waals surface area contributed by atoms with E-state index in [0.29, 0.717) is 5.56 Å². The fourth-order valence-electron chi connectivity index (χ4n) is 1.61. The van der Waals surface area contributed by atoms with Crippen LogP contribution in [0, 0.1) is 0 Å². The molecule has 0 radical (unpaired) electrons. The second-order valence-electron chi connectivity index (χ2n) is 4.82. The molecule has 1 rings (SSSR count). The zero-order chi connectivity index (χ0) is 16.9. The van der Waals surface area contributed by atoms with Crippen LogP contribution < -0.4 is 0 Å². The number of phenols is 1. The zero-order valence-electron chi connectivity index (χ0n) is 11.8. The van der Waals surface area contributed by atoms with Crippen molar-refractivity contribution in [1.82, 2.24) is 0 Å². The van der Waals surface area contributed by atoms with Gasteiger partial charge in [0, 0.05) is 0 Å². The summed E-state index contributed by atoms with van der Waals surface area (Å²) in [6.07, 6.45) is -5.04. The molecule has 5 N–H and O–H groups in total. The van der Waals surface area contributed by atoms with Gasteiger partial charge in [-0.15, -0.1) is 0 Å². The molecule has 0 saturated heterocycles. The molecular formula is C15H18O7. The van der Waals surface area contributed by atoms with Crippen LogP contribution in [0.15, 0.2) is 30.3 Å².